The van der Waals surface area contributed by atoms with E-state index < -0.39 is 0 Å². The average molecular weight is 235 g/mol. The molecule has 1 aliphatic rings. The van der Waals surface area contributed by atoms with Gasteiger partial charge in [-0.05, 0) is 25.3 Å². The summed E-state index contributed by atoms with van der Waals surface area (Å²) < 4.78 is 0. The van der Waals surface area contributed by atoms with Gasteiger partial charge >= 0.3 is 0 Å². The molecule has 0 atom stereocenters. The van der Waals surface area contributed by atoms with Crippen LogP contribution in [0.1, 0.15) is 64.2 Å². The van der Waals surface area contributed by atoms with Crippen molar-refractivity contribution in [3.63, 3.8) is 0 Å². The van der Waals surface area contributed by atoms with Gasteiger partial charge in [0, 0.05) is 0 Å². The number of rotatable bonds is 11. The van der Waals surface area contributed by atoms with Crippen molar-refractivity contribution in [3.05, 3.63) is 24.3 Å². The fourth-order valence-electron chi connectivity index (χ4n) is 2.43. The molecule has 98 valence electrons. The fourth-order valence-corrected chi connectivity index (χ4v) is 2.43. The number of nitrogens with two attached hydrogens (primary N) is 1. The lowest BCUT2D eigenvalue weighted by molar-refractivity contribution is 0.541. The quantitative estimate of drug-likeness (QED) is 0.521. The van der Waals surface area contributed by atoms with Crippen LogP contribution in [0.2, 0.25) is 0 Å². The maximum absolute atomic E-state index is 5.47. The van der Waals surface area contributed by atoms with E-state index in [1.165, 1.54) is 64.2 Å². The first-order valence-corrected chi connectivity index (χ1v) is 7.48. The third-order valence-corrected chi connectivity index (χ3v) is 3.57. The van der Waals surface area contributed by atoms with Gasteiger partial charge in [-0.2, -0.15) is 0 Å². The van der Waals surface area contributed by atoms with Crippen LogP contribution < -0.4 is 5.73 Å². The SMILES string of the molecule is NCCCCCCCCCCCC1C=CC=C1. The van der Waals surface area contributed by atoms with Crippen molar-refractivity contribution in [2.24, 2.45) is 11.7 Å². The van der Waals surface area contributed by atoms with Crippen LogP contribution in [0.3, 0.4) is 0 Å². The molecule has 0 aromatic rings. The van der Waals surface area contributed by atoms with Crippen LogP contribution in [-0.2, 0) is 0 Å². The molecule has 0 unspecified atom stereocenters. The summed E-state index contributed by atoms with van der Waals surface area (Å²) >= 11 is 0. The van der Waals surface area contributed by atoms with Crippen molar-refractivity contribution >= 4 is 0 Å². The molecule has 0 aromatic carbocycles. The summed E-state index contributed by atoms with van der Waals surface area (Å²) in [4.78, 5) is 0. The van der Waals surface area contributed by atoms with Crippen LogP contribution in [0.25, 0.3) is 0 Å². The van der Waals surface area contributed by atoms with Crippen LogP contribution in [0, 0.1) is 5.92 Å². The number of allylic oxidation sites excluding steroid dienone is 4. The second-order valence-corrected chi connectivity index (χ2v) is 5.19. The molecule has 17 heavy (non-hydrogen) atoms. The van der Waals surface area contributed by atoms with E-state index in [0.717, 1.165) is 12.5 Å². The van der Waals surface area contributed by atoms with E-state index in [-0.39, 0.29) is 0 Å². The van der Waals surface area contributed by atoms with Crippen molar-refractivity contribution < 1.29 is 0 Å². The molecule has 0 saturated carbocycles. The Morgan fingerprint density at radius 2 is 1.12 bits per heavy atom. The van der Waals surface area contributed by atoms with Gasteiger partial charge in [0.25, 0.3) is 0 Å². The van der Waals surface area contributed by atoms with Gasteiger partial charge in [-0.1, -0.05) is 75.7 Å². The highest BCUT2D eigenvalue weighted by molar-refractivity contribution is 5.17. The lowest BCUT2D eigenvalue weighted by Crippen LogP contribution is -1.97. The predicted molar refractivity (Wildman–Crippen MR) is 77.0 cm³/mol. The molecule has 0 radical (unpaired) electrons. The summed E-state index contributed by atoms with van der Waals surface area (Å²) in [6.07, 6.45) is 22.8. The highest BCUT2D eigenvalue weighted by atomic mass is 14.5. The van der Waals surface area contributed by atoms with Crippen molar-refractivity contribution in [1.82, 2.24) is 0 Å². The van der Waals surface area contributed by atoms with E-state index >= 15 is 0 Å². The van der Waals surface area contributed by atoms with Gasteiger partial charge in [-0.25, -0.2) is 0 Å². The van der Waals surface area contributed by atoms with Gasteiger partial charge < -0.3 is 5.73 Å². The minimum absolute atomic E-state index is 0.742. The van der Waals surface area contributed by atoms with Crippen molar-refractivity contribution in [2.45, 2.75) is 64.2 Å². The Bertz CT molecular complexity index is 206. The fraction of sp³-hybridized carbons (Fsp3) is 0.750. The second-order valence-electron chi connectivity index (χ2n) is 5.19. The number of hydrogen-bond donors (Lipinski definition) is 1. The number of hydrogen-bond acceptors (Lipinski definition) is 1. The normalized spacial score (nSPS) is 14.9. The summed E-state index contributed by atoms with van der Waals surface area (Å²) in [5.74, 6) is 0.742. The van der Waals surface area contributed by atoms with Gasteiger partial charge in [0.05, 0.1) is 0 Å². The van der Waals surface area contributed by atoms with E-state index in [1.807, 2.05) is 0 Å². The smallest absolute Gasteiger partial charge is 0.00473 e. The molecule has 0 aliphatic heterocycles. The van der Waals surface area contributed by atoms with Crippen LogP contribution >= 0.6 is 0 Å². The number of unbranched alkanes of at least 4 members (excludes halogenated alkanes) is 8. The minimum atomic E-state index is 0.742. The zero-order valence-electron chi connectivity index (χ0n) is 11.2. The second kappa shape index (κ2) is 10.6. The van der Waals surface area contributed by atoms with E-state index in [2.05, 4.69) is 24.3 Å². The van der Waals surface area contributed by atoms with Gasteiger partial charge in [0.1, 0.15) is 0 Å². The van der Waals surface area contributed by atoms with E-state index in [4.69, 9.17) is 5.73 Å². The van der Waals surface area contributed by atoms with Crippen LogP contribution in [-0.4, -0.2) is 6.54 Å². The molecule has 0 bridgehead atoms. The molecule has 0 fully saturated rings. The van der Waals surface area contributed by atoms with Gasteiger partial charge in [-0.3, -0.25) is 0 Å². The lowest BCUT2D eigenvalue weighted by Gasteiger charge is -2.05. The average Bonchev–Trinajstić information content (AvgIpc) is 2.85. The van der Waals surface area contributed by atoms with Crippen molar-refractivity contribution in [2.75, 3.05) is 6.54 Å². The summed E-state index contributed by atoms with van der Waals surface area (Å²) in [5, 5.41) is 0. The molecular weight excluding hydrogens is 206 g/mol. The Balaban J connectivity index is 1.72. The molecule has 1 rings (SSSR count). The van der Waals surface area contributed by atoms with Gasteiger partial charge in [0.2, 0.25) is 0 Å². The van der Waals surface area contributed by atoms with Crippen LogP contribution in [0.15, 0.2) is 24.3 Å². The summed E-state index contributed by atoms with van der Waals surface area (Å²) in [5.41, 5.74) is 5.47. The Labute approximate surface area is 107 Å². The standard InChI is InChI=1S/C16H29N/c17-15-11-7-5-3-1-2-4-6-8-12-16-13-9-10-14-16/h9-10,13-14,16H,1-8,11-12,15,17H2. The van der Waals surface area contributed by atoms with Crippen molar-refractivity contribution in [3.8, 4) is 0 Å². The Morgan fingerprint density at radius 1 is 0.647 bits per heavy atom. The third kappa shape index (κ3) is 8.20. The first-order chi connectivity index (χ1) is 8.43. The molecule has 1 aliphatic carbocycles. The van der Waals surface area contributed by atoms with Crippen LogP contribution in [0.4, 0.5) is 0 Å². The molecule has 0 saturated heterocycles. The molecule has 0 heterocycles. The maximum atomic E-state index is 5.47. The summed E-state index contributed by atoms with van der Waals surface area (Å²) in [7, 11) is 0. The molecular formula is C16H29N. The zero-order chi connectivity index (χ0) is 12.2. The van der Waals surface area contributed by atoms with Gasteiger partial charge in [0.15, 0.2) is 0 Å². The first kappa shape index (κ1) is 14.5. The maximum Gasteiger partial charge on any atom is -0.00473 e. The highest BCUT2D eigenvalue weighted by Gasteiger charge is 2.02. The molecule has 1 heteroatoms. The van der Waals surface area contributed by atoms with E-state index in [9.17, 15) is 0 Å². The van der Waals surface area contributed by atoms with E-state index in [0.29, 0.717) is 0 Å². The Kier molecular flexibility index (Phi) is 9.03. The Hall–Kier alpha value is -0.560. The summed E-state index contributed by atoms with van der Waals surface area (Å²) in [6, 6.07) is 0. The molecule has 0 spiro atoms. The topological polar surface area (TPSA) is 26.0 Å². The molecule has 2 N–H and O–H groups in total. The minimum Gasteiger partial charge on any atom is -0.330 e. The molecule has 1 nitrogen and oxygen atoms in total. The Morgan fingerprint density at radius 3 is 1.65 bits per heavy atom. The first-order valence-electron chi connectivity index (χ1n) is 7.48. The largest absolute Gasteiger partial charge is 0.330 e. The van der Waals surface area contributed by atoms with Crippen molar-refractivity contribution in [1.29, 1.82) is 0 Å². The van der Waals surface area contributed by atoms with Gasteiger partial charge in [-0.15, -0.1) is 0 Å². The molecule has 0 aromatic heterocycles. The van der Waals surface area contributed by atoms with E-state index in [1.54, 1.807) is 0 Å². The molecule has 0 amide bonds. The predicted octanol–water partition coefficient (Wildman–Crippen LogP) is 4.59. The lowest BCUT2D eigenvalue weighted by atomic mass is 10.0. The third-order valence-electron chi connectivity index (χ3n) is 3.57. The monoisotopic (exact) mass is 235 g/mol. The highest BCUT2D eigenvalue weighted by Crippen LogP contribution is 2.18. The summed E-state index contributed by atoms with van der Waals surface area (Å²) in [6.45, 7) is 0.865. The van der Waals surface area contributed by atoms with Crippen LogP contribution in [0.5, 0.6) is 0 Å². The zero-order valence-corrected chi connectivity index (χ0v) is 11.2.